The molecule has 14 heavy (non-hydrogen) atoms. The van der Waals surface area contributed by atoms with Gasteiger partial charge in [-0.25, -0.2) is 0 Å². The number of nitrogen functional groups attached to an aromatic ring is 1. The first-order valence-corrected chi connectivity index (χ1v) is 4.66. The SMILES string of the molecule is Cc1cc(C(=O)CCN)c(C)cc1N. The quantitative estimate of drug-likeness (QED) is 0.562. The van der Waals surface area contributed by atoms with Crippen LogP contribution in [0.3, 0.4) is 0 Å². The van der Waals surface area contributed by atoms with E-state index in [1.54, 1.807) is 0 Å². The van der Waals surface area contributed by atoms with E-state index in [1.807, 2.05) is 26.0 Å². The van der Waals surface area contributed by atoms with Crippen molar-refractivity contribution in [3.8, 4) is 0 Å². The van der Waals surface area contributed by atoms with Crippen LogP contribution < -0.4 is 11.5 Å². The van der Waals surface area contributed by atoms with Gasteiger partial charge in [-0.15, -0.1) is 0 Å². The molecule has 0 aliphatic rings. The molecule has 0 saturated carbocycles. The van der Waals surface area contributed by atoms with Gasteiger partial charge in [0.05, 0.1) is 0 Å². The number of carbonyl (C=O) groups excluding carboxylic acids is 1. The fourth-order valence-electron chi connectivity index (χ4n) is 1.40. The Balaban J connectivity index is 3.09. The summed E-state index contributed by atoms with van der Waals surface area (Å²) in [6, 6.07) is 3.67. The monoisotopic (exact) mass is 192 g/mol. The topological polar surface area (TPSA) is 69.1 Å². The predicted octanol–water partition coefficient (Wildman–Crippen LogP) is 1.42. The van der Waals surface area contributed by atoms with E-state index in [2.05, 4.69) is 0 Å². The number of hydrogen-bond acceptors (Lipinski definition) is 3. The van der Waals surface area contributed by atoms with Crippen molar-refractivity contribution in [2.24, 2.45) is 5.73 Å². The Bertz CT molecular complexity index is 359. The lowest BCUT2D eigenvalue weighted by Crippen LogP contribution is -2.10. The highest BCUT2D eigenvalue weighted by Crippen LogP contribution is 2.18. The Labute approximate surface area is 84.1 Å². The molecule has 3 heteroatoms. The first kappa shape index (κ1) is 10.7. The minimum Gasteiger partial charge on any atom is -0.399 e. The van der Waals surface area contributed by atoms with Crippen molar-refractivity contribution in [1.29, 1.82) is 0 Å². The highest BCUT2D eigenvalue weighted by Gasteiger charge is 2.09. The molecule has 1 aromatic rings. The molecule has 0 amide bonds. The van der Waals surface area contributed by atoms with Crippen molar-refractivity contribution >= 4 is 11.5 Å². The summed E-state index contributed by atoms with van der Waals surface area (Å²) in [4.78, 5) is 11.6. The molecule has 1 aromatic carbocycles. The van der Waals surface area contributed by atoms with E-state index in [9.17, 15) is 4.79 Å². The van der Waals surface area contributed by atoms with E-state index in [0.717, 1.165) is 22.4 Å². The van der Waals surface area contributed by atoms with Crippen molar-refractivity contribution in [3.05, 3.63) is 28.8 Å². The zero-order valence-electron chi connectivity index (χ0n) is 8.63. The molecule has 0 bridgehead atoms. The van der Waals surface area contributed by atoms with Crippen LogP contribution in [0.5, 0.6) is 0 Å². The molecule has 1 rings (SSSR count). The van der Waals surface area contributed by atoms with E-state index in [0.29, 0.717) is 13.0 Å². The average molecular weight is 192 g/mol. The lowest BCUT2D eigenvalue weighted by molar-refractivity contribution is 0.0985. The van der Waals surface area contributed by atoms with Gasteiger partial charge in [0, 0.05) is 17.7 Å². The molecule has 0 atom stereocenters. The fourth-order valence-corrected chi connectivity index (χ4v) is 1.40. The molecule has 3 nitrogen and oxygen atoms in total. The molecule has 4 N–H and O–H groups in total. The van der Waals surface area contributed by atoms with Gasteiger partial charge < -0.3 is 11.5 Å². The number of rotatable bonds is 3. The standard InChI is InChI=1S/C11H16N2O/c1-7-6-10(13)8(2)5-9(7)11(14)3-4-12/h5-6H,3-4,12-13H2,1-2H3. The number of Topliss-reactive ketones (excluding diaryl/α,β-unsaturated/α-hetero) is 1. The maximum Gasteiger partial charge on any atom is 0.164 e. The van der Waals surface area contributed by atoms with Crippen molar-refractivity contribution < 1.29 is 4.79 Å². The molecule has 0 radical (unpaired) electrons. The van der Waals surface area contributed by atoms with E-state index in [-0.39, 0.29) is 5.78 Å². The number of benzene rings is 1. The number of ketones is 1. The lowest BCUT2D eigenvalue weighted by atomic mass is 9.99. The van der Waals surface area contributed by atoms with Gasteiger partial charge in [-0.05, 0) is 43.7 Å². The Hall–Kier alpha value is -1.35. The molecule has 76 valence electrons. The summed E-state index contributed by atoms with van der Waals surface area (Å²) in [7, 11) is 0. The highest BCUT2D eigenvalue weighted by molar-refractivity contribution is 5.98. The zero-order chi connectivity index (χ0) is 10.7. The van der Waals surface area contributed by atoms with Crippen LogP contribution in [0.15, 0.2) is 12.1 Å². The molecule has 0 aromatic heterocycles. The molecule has 0 spiro atoms. The molecule has 0 saturated heterocycles. The van der Waals surface area contributed by atoms with Crippen LogP contribution in [0.1, 0.15) is 27.9 Å². The van der Waals surface area contributed by atoms with E-state index in [4.69, 9.17) is 11.5 Å². The number of hydrogen-bond donors (Lipinski definition) is 2. The minimum atomic E-state index is 0.0908. The first-order valence-electron chi connectivity index (χ1n) is 4.66. The zero-order valence-corrected chi connectivity index (χ0v) is 8.63. The van der Waals surface area contributed by atoms with Gasteiger partial charge in [0.2, 0.25) is 0 Å². The summed E-state index contributed by atoms with van der Waals surface area (Å²) >= 11 is 0. The van der Waals surface area contributed by atoms with Crippen molar-refractivity contribution in [2.45, 2.75) is 20.3 Å². The normalized spacial score (nSPS) is 10.2. The van der Waals surface area contributed by atoms with Gasteiger partial charge in [0.15, 0.2) is 5.78 Å². The maximum absolute atomic E-state index is 11.6. The van der Waals surface area contributed by atoms with Gasteiger partial charge in [0.25, 0.3) is 0 Å². The van der Waals surface area contributed by atoms with Crippen LogP contribution in [-0.4, -0.2) is 12.3 Å². The summed E-state index contributed by atoms with van der Waals surface area (Å²) in [5.41, 5.74) is 14.4. The molecular formula is C11H16N2O. The maximum atomic E-state index is 11.6. The third-order valence-corrected chi connectivity index (χ3v) is 2.28. The van der Waals surface area contributed by atoms with Gasteiger partial charge in [-0.2, -0.15) is 0 Å². The number of anilines is 1. The third kappa shape index (κ3) is 2.12. The Morgan fingerprint density at radius 1 is 1.29 bits per heavy atom. The fraction of sp³-hybridized carbons (Fsp3) is 0.364. The molecule has 0 heterocycles. The van der Waals surface area contributed by atoms with E-state index in [1.165, 1.54) is 0 Å². The molecule has 0 fully saturated rings. The molecular weight excluding hydrogens is 176 g/mol. The summed E-state index contributed by atoms with van der Waals surface area (Å²) in [6.07, 6.45) is 0.393. The number of nitrogens with two attached hydrogens (primary N) is 2. The van der Waals surface area contributed by atoms with Gasteiger partial charge in [0.1, 0.15) is 0 Å². The number of aryl methyl sites for hydroxylation is 2. The Kier molecular flexibility index (Phi) is 3.25. The highest BCUT2D eigenvalue weighted by atomic mass is 16.1. The van der Waals surface area contributed by atoms with E-state index >= 15 is 0 Å². The second-order valence-corrected chi connectivity index (χ2v) is 3.49. The minimum absolute atomic E-state index is 0.0908. The van der Waals surface area contributed by atoms with Crippen LogP contribution in [0.25, 0.3) is 0 Å². The smallest absolute Gasteiger partial charge is 0.164 e. The largest absolute Gasteiger partial charge is 0.399 e. The summed E-state index contributed by atoms with van der Waals surface area (Å²) < 4.78 is 0. The molecule has 0 unspecified atom stereocenters. The molecule has 0 aliphatic heterocycles. The number of carbonyl (C=O) groups is 1. The van der Waals surface area contributed by atoms with Crippen molar-refractivity contribution in [1.82, 2.24) is 0 Å². The molecule has 0 aliphatic carbocycles. The predicted molar refractivity (Wildman–Crippen MR) is 58.3 cm³/mol. The van der Waals surface area contributed by atoms with Gasteiger partial charge in [-0.3, -0.25) is 4.79 Å². The first-order chi connectivity index (χ1) is 6.56. The van der Waals surface area contributed by atoms with Gasteiger partial charge in [-0.1, -0.05) is 0 Å². The Morgan fingerprint density at radius 2 is 1.93 bits per heavy atom. The van der Waals surface area contributed by atoms with E-state index < -0.39 is 0 Å². The summed E-state index contributed by atoms with van der Waals surface area (Å²) in [5.74, 6) is 0.0908. The Morgan fingerprint density at radius 3 is 2.50 bits per heavy atom. The van der Waals surface area contributed by atoms with Crippen LogP contribution in [0, 0.1) is 13.8 Å². The average Bonchev–Trinajstić information content (AvgIpc) is 2.11. The summed E-state index contributed by atoms with van der Waals surface area (Å²) in [6.45, 7) is 4.18. The van der Waals surface area contributed by atoms with Crippen LogP contribution in [0.4, 0.5) is 5.69 Å². The van der Waals surface area contributed by atoms with Crippen LogP contribution >= 0.6 is 0 Å². The van der Waals surface area contributed by atoms with Crippen molar-refractivity contribution in [2.75, 3.05) is 12.3 Å². The lowest BCUT2D eigenvalue weighted by Gasteiger charge is -2.07. The van der Waals surface area contributed by atoms with Gasteiger partial charge >= 0.3 is 0 Å². The second kappa shape index (κ2) is 4.24. The second-order valence-electron chi connectivity index (χ2n) is 3.49. The van der Waals surface area contributed by atoms with Crippen LogP contribution in [-0.2, 0) is 0 Å². The third-order valence-electron chi connectivity index (χ3n) is 2.28. The van der Waals surface area contributed by atoms with Crippen molar-refractivity contribution in [3.63, 3.8) is 0 Å². The summed E-state index contributed by atoms with van der Waals surface area (Å²) in [5, 5.41) is 0. The van der Waals surface area contributed by atoms with Crippen LogP contribution in [0.2, 0.25) is 0 Å².